The normalized spacial score (nSPS) is 12.1. The molecule has 0 saturated heterocycles. The average Bonchev–Trinajstić information content (AvgIpc) is 3.27. The topological polar surface area (TPSA) is 62.5 Å². The molecule has 7 heteroatoms. The molecule has 2 aromatic heterocycles. The van der Waals surface area contributed by atoms with E-state index in [0.29, 0.717) is 11.5 Å². The lowest BCUT2D eigenvalue weighted by atomic mass is 10.1. The van der Waals surface area contributed by atoms with Gasteiger partial charge in [-0.2, -0.15) is 11.3 Å². The van der Waals surface area contributed by atoms with E-state index in [1.54, 1.807) is 23.5 Å². The Morgan fingerprint density at radius 1 is 1.32 bits per heavy atom. The molecule has 0 unspecified atom stereocenters. The number of aliphatic hydroxyl groups is 1. The van der Waals surface area contributed by atoms with Crippen LogP contribution in [0.4, 0.5) is 4.39 Å². The quantitative estimate of drug-likeness (QED) is 0.675. The molecule has 1 atom stereocenters. The molecule has 0 aliphatic rings. The Balaban J connectivity index is 1.57. The molecule has 0 aliphatic carbocycles. The first-order valence-corrected chi connectivity index (χ1v) is 8.86. The minimum absolute atomic E-state index is 0.0402. The second-order valence-corrected chi connectivity index (χ2v) is 6.60. The van der Waals surface area contributed by atoms with E-state index in [0.717, 1.165) is 5.56 Å². The summed E-state index contributed by atoms with van der Waals surface area (Å²) in [4.78, 5) is 12.0. The highest BCUT2D eigenvalue weighted by Crippen LogP contribution is 2.27. The van der Waals surface area contributed by atoms with E-state index in [9.17, 15) is 14.3 Å². The number of nitrogens with one attached hydrogen (secondary N) is 1. The zero-order valence-corrected chi connectivity index (χ0v) is 14.6. The minimum Gasteiger partial charge on any atom is -0.458 e. The number of carbonyl (C=O) groups excluding carboxylic acids is 1. The van der Waals surface area contributed by atoms with Crippen LogP contribution in [0, 0.1) is 5.82 Å². The number of hydrogen-bond acceptors (Lipinski definition) is 4. The van der Waals surface area contributed by atoms with Gasteiger partial charge in [0, 0.05) is 21.5 Å². The first-order valence-electron chi connectivity index (χ1n) is 7.54. The fourth-order valence-electron chi connectivity index (χ4n) is 2.33. The van der Waals surface area contributed by atoms with Crippen LogP contribution >= 0.6 is 22.9 Å². The van der Waals surface area contributed by atoms with Gasteiger partial charge in [-0.05, 0) is 35.7 Å². The van der Waals surface area contributed by atoms with Crippen molar-refractivity contribution in [3.05, 3.63) is 69.3 Å². The van der Waals surface area contributed by atoms with Gasteiger partial charge in [-0.3, -0.25) is 4.79 Å². The minimum atomic E-state index is -0.993. The molecule has 2 heterocycles. The SMILES string of the molecule is O=C(Cc1c(F)cccc1Cl)NC[C@@H](O)c1ccc(-c2ccsc2)o1. The smallest absolute Gasteiger partial charge is 0.224 e. The fraction of sp³-hybridized carbons (Fsp3) is 0.167. The predicted octanol–water partition coefficient (Wildman–Crippen LogP) is 4.19. The van der Waals surface area contributed by atoms with Crippen LogP contribution in [-0.4, -0.2) is 17.6 Å². The van der Waals surface area contributed by atoms with Crippen molar-refractivity contribution in [2.75, 3.05) is 6.54 Å². The third kappa shape index (κ3) is 4.28. The molecule has 0 aliphatic heterocycles. The van der Waals surface area contributed by atoms with E-state index in [2.05, 4.69) is 5.32 Å². The van der Waals surface area contributed by atoms with Gasteiger partial charge in [0.05, 0.1) is 13.0 Å². The second kappa shape index (κ2) is 7.82. The summed E-state index contributed by atoms with van der Waals surface area (Å²) in [7, 11) is 0. The lowest BCUT2D eigenvalue weighted by molar-refractivity contribution is -0.121. The van der Waals surface area contributed by atoms with Gasteiger partial charge in [0.1, 0.15) is 23.4 Å². The molecular formula is C18H15ClFNO3S. The second-order valence-electron chi connectivity index (χ2n) is 5.41. The number of hydrogen-bond donors (Lipinski definition) is 2. The van der Waals surface area contributed by atoms with Gasteiger partial charge < -0.3 is 14.8 Å². The van der Waals surface area contributed by atoms with Gasteiger partial charge in [0.25, 0.3) is 0 Å². The number of thiophene rings is 1. The van der Waals surface area contributed by atoms with Crippen molar-refractivity contribution in [2.24, 2.45) is 0 Å². The Bertz CT molecular complexity index is 843. The highest BCUT2D eigenvalue weighted by atomic mass is 35.5. The molecule has 1 aromatic carbocycles. The number of benzene rings is 1. The molecule has 130 valence electrons. The Hall–Kier alpha value is -2.15. The summed E-state index contributed by atoms with van der Waals surface area (Å²) in [5.41, 5.74) is 1.07. The summed E-state index contributed by atoms with van der Waals surface area (Å²) in [5.74, 6) is 0.0375. The molecule has 2 N–H and O–H groups in total. The van der Waals surface area contributed by atoms with Crippen molar-refractivity contribution in [3.8, 4) is 11.3 Å². The van der Waals surface area contributed by atoms with Crippen molar-refractivity contribution in [1.82, 2.24) is 5.32 Å². The van der Waals surface area contributed by atoms with E-state index >= 15 is 0 Å². The maximum atomic E-state index is 13.7. The molecule has 25 heavy (non-hydrogen) atoms. The van der Waals surface area contributed by atoms with Gasteiger partial charge in [0.2, 0.25) is 5.91 Å². The van der Waals surface area contributed by atoms with Crippen LogP contribution in [-0.2, 0) is 11.2 Å². The van der Waals surface area contributed by atoms with Crippen LogP contribution in [0.15, 0.2) is 51.6 Å². The number of halogens is 2. The molecule has 4 nitrogen and oxygen atoms in total. The third-order valence-corrected chi connectivity index (χ3v) is 4.69. The first kappa shape index (κ1) is 17.7. The fourth-order valence-corrected chi connectivity index (χ4v) is 3.20. The summed E-state index contributed by atoms with van der Waals surface area (Å²) in [6, 6.07) is 9.60. The van der Waals surface area contributed by atoms with Crippen LogP contribution in [0.1, 0.15) is 17.4 Å². The van der Waals surface area contributed by atoms with Crippen LogP contribution in [0.5, 0.6) is 0 Å². The summed E-state index contributed by atoms with van der Waals surface area (Å²) in [6.07, 6.45) is -1.19. The van der Waals surface area contributed by atoms with Gasteiger partial charge >= 0.3 is 0 Å². The van der Waals surface area contributed by atoms with Crippen LogP contribution < -0.4 is 5.32 Å². The molecular weight excluding hydrogens is 365 g/mol. The highest BCUT2D eigenvalue weighted by molar-refractivity contribution is 7.08. The number of amides is 1. The van der Waals surface area contributed by atoms with Gasteiger partial charge in [-0.1, -0.05) is 17.7 Å². The Kier molecular flexibility index (Phi) is 5.53. The van der Waals surface area contributed by atoms with Crippen LogP contribution in [0.2, 0.25) is 5.02 Å². The molecule has 0 fully saturated rings. The van der Waals surface area contributed by atoms with Gasteiger partial charge in [0.15, 0.2) is 0 Å². The predicted molar refractivity (Wildman–Crippen MR) is 95.1 cm³/mol. The molecule has 1 amide bonds. The first-order chi connectivity index (χ1) is 12.0. The van der Waals surface area contributed by atoms with E-state index in [4.69, 9.17) is 16.0 Å². The molecule has 0 spiro atoms. The van der Waals surface area contributed by atoms with Crippen molar-refractivity contribution < 1.29 is 18.7 Å². The van der Waals surface area contributed by atoms with E-state index in [1.807, 2.05) is 16.8 Å². The van der Waals surface area contributed by atoms with Crippen molar-refractivity contribution in [3.63, 3.8) is 0 Å². The summed E-state index contributed by atoms with van der Waals surface area (Å²) >= 11 is 7.45. The highest BCUT2D eigenvalue weighted by Gasteiger charge is 2.16. The van der Waals surface area contributed by atoms with Crippen molar-refractivity contribution in [2.45, 2.75) is 12.5 Å². The molecule has 3 aromatic rings. The van der Waals surface area contributed by atoms with E-state index in [-0.39, 0.29) is 23.6 Å². The van der Waals surface area contributed by atoms with Gasteiger partial charge in [-0.25, -0.2) is 4.39 Å². The number of carbonyl (C=O) groups is 1. The van der Waals surface area contributed by atoms with Crippen LogP contribution in [0.3, 0.4) is 0 Å². The molecule has 0 saturated carbocycles. The zero-order valence-electron chi connectivity index (χ0n) is 13.0. The summed E-state index contributed by atoms with van der Waals surface area (Å²) in [5, 5.41) is 16.8. The Morgan fingerprint density at radius 3 is 2.88 bits per heavy atom. The van der Waals surface area contributed by atoms with Crippen molar-refractivity contribution >= 4 is 28.8 Å². The summed E-state index contributed by atoms with van der Waals surface area (Å²) in [6.45, 7) is -0.0402. The third-order valence-electron chi connectivity index (χ3n) is 3.65. The Morgan fingerprint density at radius 2 is 2.16 bits per heavy atom. The van der Waals surface area contributed by atoms with Crippen LogP contribution in [0.25, 0.3) is 11.3 Å². The molecule has 3 rings (SSSR count). The summed E-state index contributed by atoms with van der Waals surface area (Å²) < 4.78 is 19.3. The van der Waals surface area contributed by atoms with Crippen molar-refractivity contribution in [1.29, 1.82) is 0 Å². The lowest BCUT2D eigenvalue weighted by Crippen LogP contribution is -2.29. The van der Waals surface area contributed by atoms with Gasteiger partial charge in [-0.15, -0.1) is 0 Å². The lowest BCUT2D eigenvalue weighted by Gasteiger charge is -2.10. The van der Waals surface area contributed by atoms with E-state index < -0.39 is 17.8 Å². The molecule has 0 bridgehead atoms. The monoisotopic (exact) mass is 379 g/mol. The molecule has 0 radical (unpaired) electrons. The average molecular weight is 380 g/mol. The zero-order chi connectivity index (χ0) is 17.8. The number of furan rings is 1. The maximum Gasteiger partial charge on any atom is 0.224 e. The largest absolute Gasteiger partial charge is 0.458 e. The van der Waals surface area contributed by atoms with E-state index in [1.165, 1.54) is 18.2 Å². The number of aliphatic hydroxyl groups excluding tert-OH is 1. The standard InChI is InChI=1S/C18H15ClFNO3S/c19-13-2-1-3-14(20)12(13)8-18(23)21-9-15(22)17-5-4-16(24-17)11-6-7-25-10-11/h1-7,10,15,22H,8-9H2,(H,21,23)/t15-/m1/s1. The maximum absolute atomic E-state index is 13.7. The Labute approximate surface area is 152 Å². The number of rotatable bonds is 6.